The SMILES string of the molecule is Cc1cccc(-c2nc(NCc3cccc(F)c3)nc3nn(C(C)(C)C)c(N)c23)c1. The maximum atomic E-state index is 13.5. The van der Waals surface area contributed by atoms with E-state index in [9.17, 15) is 4.39 Å². The lowest BCUT2D eigenvalue weighted by Crippen LogP contribution is -2.24. The van der Waals surface area contributed by atoms with Gasteiger partial charge in [0.05, 0.1) is 16.6 Å². The summed E-state index contributed by atoms with van der Waals surface area (Å²) in [5.74, 6) is 0.676. The van der Waals surface area contributed by atoms with Crippen LogP contribution in [-0.4, -0.2) is 19.7 Å². The average Bonchev–Trinajstić information content (AvgIpc) is 3.03. The lowest BCUT2D eigenvalue weighted by atomic mass is 10.1. The molecule has 0 radical (unpaired) electrons. The first-order chi connectivity index (χ1) is 14.2. The second-order valence-corrected chi connectivity index (χ2v) is 8.42. The van der Waals surface area contributed by atoms with Crippen LogP contribution in [0.5, 0.6) is 0 Å². The molecule has 4 rings (SSSR count). The van der Waals surface area contributed by atoms with Crippen LogP contribution in [0, 0.1) is 12.7 Å². The van der Waals surface area contributed by atoms with Crippen LogP contribution in [0.4, 0.5) is 16.2 Å². The fraction of sp³-hybridized carbons (Fsp3) is 0.261. The molecule has 0 bridgehead atoms. The predicted octanol–water partition coefficient (Wildman–Crippen LogP) is 4.89. The van der Waals surface area contributed by atoms with Gasteiger partial charge in [-0.3, -0.25) is 0 Å². The highest BCUT2D eigenvalue weighted by Crippen LogP contribution is 2.34. The van der Waals surface area contributed by atoms with E-state index in [1.807, 2.05) is 52.0 Å². The van der Waals surface area contributed by atoms with E-state index in [-0.39, 0.29) is 11.4 Å². The van der Waals surface area contributed by atoms with E-state index in [4.69, 9.17) is 10.7 Å². The molecular weight excluding hydrogens is 379 g/mol. The van der Waals surface area contributed by atoms with Crippen molar-refractivity contribution in [1.82, 2.24) is 19.7 Å². The van der Waals surface area contributed by atoms with Gasteiger partial charge in [0.2, 0.25) is 5.95 Å². The molecule has 0 atom stereocenters. The number of hydrogen-bond acceptors (Lipinski definition) is 5. The highest BCUT2D eigenvalue weighted by molar-refractivity contribution is 5.99. The first-order valence-electron chi connectivity index (χ1n) is 9.84. The number of aryl methyl sites for hydroxylation is 1. The minimum Gasteiger partial charge on any atom is -0.383 e. The summed E-state index contributed by atoms with van der Waals surface area (Å²) in [7, 11) is 0. The van der Waals surface area contributed by atoms with E-state index in [1.54, 1.807) is 10.7 Å². The molecule has 0 unspecified atom stereocenters. The molecule has 6 nitrogen and oxygen atoms in total. The zero-order chi connectivity index (χ0) is 21.5. The Kier molecular flexibility index (Phi) is 4.89. The summed E-state index contributed by atoms with van der Waals surface area (Å²) in [6, 6.07) is 14.5. The minimum absolute atomic E-state index is 0.275. The number of nitrogens with two attached hydrogens (primary N) is 1. The summed E-state index contributed by atoms with van der Waals surface area (Å²) < 4.78 is 15.3. The maximum Gasteiger partial charge on any atom is 0.225 e. The third kappa shape index (κ3) is 3.83. The molecule has 0 aliphatic heterocycles. The molecule has 3 N–H and O–H groups in total. The molecule has 2 aromatic heterocycles. The highest BCUT2D eigenvalue weighted by Gasteiger charge is 2.24. The van der Waals surface area contributed by atoms with Crippen molar-refractivity contribution in [3.63, 3.8) is 0 Å². The van der Waals surface area contributed by atoms with Crippen molar-refractivity contribution in [2.75, 3.05) is 11.1 Å². The van der Waals surface area contributed by atoms with Gasteiger partial charge in [0, 0.05) is 12.1 Å². The van der Waals surface area contributed by atoms with E-state index < -0.39 is 0 Å². The monoisotopic (exact) mass is 404 g/mol. The Labute approximate surface area is 175 Å². The van der Waals surface area contributed by atoms with E-state index >= 15 is 0 Å². The molecule has 2 heterocycles. The van der Waals surface area contributed by atoms with Gasteiger partial charge < -0.3 is 11.1 Å². The second kappa shape index (κ2) is 7.40. The van der Waals surface area contributed by atoms with Gasteiger partial charge in [-0.05, 0) is 51.5 Å². The van der Waals surface area contributed by atoms with Crippen molar-refractivity contribution < 1.29 is 4.39 Å². The number of nitrogen functional groups attached to an aromatic ring is 1. The van der Waals surface area contributed by atoms with Crippen LogP contribution in [-0.2, 0) is 12.1 Å². The van der Waals surface area contributed by atoms with Crippen LogP contribution in [0.3, 0.4) is 0 Å². The fourth-order valence-electron chi connectivity index (χ4n) is 3.43. The summed E-state index contributed by atoms with van der Waals surface area (Å²) in [6.45, 7) is 8.55. The van der Waals surface area contributed by atoms with Gasteiger partial charge in [0.25, 0.3) is 0 Å². The number of nitrogens with zero attached hydrogens (tertiary/aromatic N) is 4. The molecule has 30 heavy (non-hydrogen) atoms. The van der Waals surface area contributed by atoms with Crippen LogP contribution in [0.1, 0.15) is 31.9 Å². The van der Waals surface area contributed by atoms with Gasteiger partial charge in [0.15, 0.2) is 5.65 Å². The molecule has 0 saturated heterocycles. The van der Waals surface area contributed by atoms with Crippen molar-refractivity contribution in [2.24, 2.45) is 0 Å². The van der Waals surface area contributed by atoms with Gasteiger partial charge >= 0.3 is 0 Å². The maximum absolute atomic E-state index is 13.5. The first kappa shape index (κ1) is 19.8. The summed E-state index contributed by atoms with van der Waals surface area (Å²) in [6.07, 6.45) is 0. The third-order valence-corrected chi connectivity index (χ3v) is 4.84. The Bertz CT molecular complexity index is 1220. The third-order valence-electron chi connectivity index (χ3n) is 4.84. The molecule has 4 aromatic rings. The van der Waals surface area contributed by atoms with Crippen molar-refractivity contribution in [3.05, 3.63) is 65.5 Å². The van der Waals surface area contributed by atoms with Crippen LogP contribution < -0.4 is 11.1 Å². The quantitative estimate of drug-likeness (QED) is 0.506. The largest absolute Gasteiger partial charge is 0.383 e. The normalized spacial score (nSPS) is 11.8. The molecule has 0 saturated carbocycles. The Hall–Kier alpha value is -3.48. The summed E-state index contributed by atoms with van der Waals surface area (Å²) in [5.41, 5.74) is 10.3. The molecule has 0 aliphatic carbocycles. The standard InChI is InChI=1S/C23H25FN6/c1-14-7-5-9-16(11-14)19-18-20(25)30(23(2,3)4)29-21(18)28-22(27-19)26-13-15-8-6-10-17(24)12-15/h5-12H,13,25H2,1-4H3,(H,26,28,29). The Balaban J connectivity index is 1.84. The topological polar surface area (TPSA) is 81.7 Å². The Morgan fingerprint density at radius 3 is 2.53 bits per heavy atom. The summed E-state index contributed by atoms with van der Waals surface area (Å²) >= 11 is 0. The number of rotatable bonds is 4. The summed E-state index contributed by atoms with van der Waals surface area (Å²) in [5, 5.41) is 8.58. The van der Waals surface area contributed by atoms with E-state index in [0.717, 1.165) is 27.8 Å². The van der Waals surface area contributed by atoms with Crippen molar-refractivity contribution in [2.45, 2.75) is 39.8 Å². The molecule has 0 aliphatic rings. The van der Waals surface area contributed by atoms with Crippen molar-refractivity contribution in [1.29, 1.82) is 0 Å². The van der Waals surface area contributed by atoms with Crippen LogP contribution in [0.2, 0.25) is 0 Å². The van der Waals surface area contributed by atoms with E-state index in [1.165, 1.54) is 12.1 Å². The number of nitrogens with one attached hydrogen (secondary N) is 1. The number of hydrogen-bond donors (Lipinski definition) is 2. The number of halogens is 1. The van der Waals surface area contributed by atoms with Gasteiger partial charge in [-0.1, -0.05) is 35.9 Å². The minimum atomic E-state index is -0.302. The molecule has 154 valence electrons. The number of benzene rings is 2. The fourth-order valence-corrected chi connectivity index (χ4v) is 3.43. The molecule has 0 fully saturated rings. The van der Waals surface area contributed by atoms with Gasteiger partial charge in [-0.25, -0.2) is 14.1 Å². The summed E-state index contributed by atoms with van der Waals surface area (Å²) in [4.78, 5) is 9.35. The lowest BCUT2D eigenvalue weighted by molar-refractivity contribution is 0.364. The smallest absolute Gasteiger partial charge is 0.225 e. The van der Waals surface area contributed by atoms with Crippen molar-refractivity contribution >= 4 is 22.8 Å². The Morgan fingerprint density at radius 1 is 1.07 bits per heavy atom. The van der Waals surface area contributed by atoms with Crippen LogP contribution >= 0.6 is 0 Å². The first-order valence-corrected chi connectivity index (χ1v) is 9.84. The van der Waals surface area contributed by atoms with E-state index in [2.05, 4.69) is 21.5 Å². The van der Waals surface area contributed by atoms with E-state index in [0.29, 0.717) is 24.0 Å². The number of fused-ring (bicyclic) bond motifs is 1. The molecular formula is C23H25FN6. The molecule has 0 spiro atoms. The van der Waals surface area contributed by atoms with Crippen LogP contribution in [0.25, 0.3) is 22.3 Å². The number of aromatic nitrogens is 4. The molecule has 7 heteroatoms. The predicted molar refractivity (Wildman–Crippen MR) is 119 cm³/mol. The zero-order valence-corrected chi connectivity index (χ0v) is 17.6. The second-order valence-electron chi connectivity index (χ2n) is 8.42. The Morgan fingerprint density at radius 2 is 1.83 bits per heavy atom. The molecule has 0 amide bonds. The average molecular weight is 404 g/mol. The van der Waals surface area contributed by atoms with Gasteiger partial charge in [0.1, 0.15) is 11.6 Å². The van der Waals surface area contributed by atoms with Gasteiger partial charge in [-0.2, -0.15) is 4.98 Å². The van der Waals surface area contributed by atoms with Crippen molar-refractivity contribution in [3.8, 4) is 11.3 Å². The highest BCUT2D eigenvalue weighted by atomic mass is 19.1. The van der Waals surface area contributed by atoms with Gasteiger partial charge in [-0.15, -0.1) is 5.10 Å². The zero-order valence-electron chi connectivity index (χ0n) is 17.6. The van der Waals surface area contributed by atoms with Crippen LogP contribution in [0.15, 0.2) is 48.5 Å². The molecule has 2 aromatic carbocycles. The lowest BCUT2D eigenvalue weighted by Gasteiger charge is -2.20. The number of anilines is 2.